The van der Waals surface area contributed by atoms with E-state index in [1.165, 1.54) is 11.0 Å². The lowest BCUT2D eigenvalue weighted by molar-refractivity contribution is -0.123. The second-order valence-electron chi connectivity index (χ2n) is 7.08. The molecule has 0 radical (unpaired) electrons. The van der Waals surface area contributed by atoms with E-state index in [2.05, 4.69) is 10.6 Å². The van der Waals surface area contributed by atoms with Crippen LogP contribution in [0.1, 0.15) is 34.0 Å². The number of rotatable bonds is 2. The molecular formula is C20H17F2N3O3. The second kappa shape index (κ2) is 6.40. The zero-order chi connectivity index (χ0) is 20.1. The molecule has 2 aromatic carbocycles. The molecule has 4 amide bonds. The molecule has 2 aliphatic heterocycles. The number of hydrogen-bond donors (Lipinski definition) is 2. The Morgan fingerprint density at radius 3 is 2.50 bits per heavy atom. The number of urea groups is 1. The largest absolute Gasteiger partial charge is 0.334 e. The standard InChI is InChI=1S/C20H17F2N3O3/c1-20(18(27)23-19(28)24-20)12-4-2-3-11(9-12)17(26)25-8-7-13-14(10-25)16(22)6-5-15(13)21/h2-6,9H,7-8,10H2,1H3,(H2,23,24,27,28). The number of halogens is 2. The van der Waals surface area contributed by atoms with Gasteiger partial charge in [0.2, 0.25) is 0 Å². The minimum Gasteiger partial charge on any atom is -0.334 e. The summed E-state index contributed by atoms with van der Waals surface area (Å²) in [6, 6.07) is 7.93. The van der Waals surface area contributed by atoms with Crippen molar-refractivity contribution in [2.75, 3.05) is 6.54 Å². The van der Waals surface area contributed by atoms with Crippen LogP contribution in [0.2, 0.25) is 0 Å². The summed E-state index contributed by atoms with van der Waals surface area (Å²) < 4.78 is 28.0. The SMILES string of the molecule is CC1(c2cccc(C(=O)N3CCc4c(F)ccc(F)c4C3)c2)NC(=O)NC1=O. The van der Waals surface area contributed by atoms with Crippen LogP contribution in [-0.4, -0.2) is 29.3 Å². The summed E-state index contributed by atoms with van der Waals surface area (Å²) >= 11 is 0. The fraction of sp³-hybridized carbons (Fsp3) is 0.250. The van der Waals surface area contributed by atoms with Gasteiger partial charge in [-0.3, -0.25) is 14.9 Å². The maximum Gasteiger partial charge on any atom is 0.322 e. The highest BCUT2D eigenvalue weighted by molar-refractivity contribution is 6.07. The molecule has 0 aliphatic carbocycles. The molecule has 2 N–H and O–H groups in total. The third-order valence-electron chi connectivity index (χ3n) is 5.32. The van der Waals surface area contributed by atoms with Crippen molar-refractivity contribution < 1.29 is 23.2 Å². The summed E-state index contributed by atoms with van der Waals surface area (Å²) in [4.78, 5) is 38.0. The molecule has 1 fully saturated rings. The van der Waals surface area contributed by atoms with E-state index in [4.69, 9.17) is 0 Å². The highest BCUT2D eigenvalue weighted by atomic mass is 19.1. The fourth-order valence-electron chi connectivity index (χ4n) is 3.66. The topological polar surface area (TPSA) is 78.5 Å². The molecule has 4 rings (SSSR count). The Morgan fingerprint density at radius 2 is 1.82 bits per heavy atom. The highest BCUT2D eigenvalue weighted by Crippen LogP contribution is 2.28. The number of imide groups is 1. The maximum absolute atomic E-state index is 14.1. The molecule has 1 saturated heterocycles. The van der Waals surface area contributed by atoms with Gasteiger partial charge in [-0.15, -0.1) is 0 Å². The normalized spacial score (nSPS) is 21.2. The van der Waals surface area contributed by atoms with Crippen molar-refractivity contribution in [1.29, 1.82) is 0 Å². The number of nitrogens with zero attached hydrogens (tertiary/aromatic N) is 1. The zero-order valence-corrected chi connectivity index (χ0v) is 15.0. The van der Waals surface area contributed by atoms with E-state index >= 15 is 0 Å². The summed E-state index contributed by atoms with van der Waals surface area (Å²) in [5.41, 5.74) is -0.0398. The summed E-state index contributed by atoms with van der Waals surface area (Å²) in [7, 11) is 0. The Balaban J connectivity index is 1.62. The molecule has 0 aromatic heterocycles. The van der Waals surface area contributed by atoms with Gasteiger partial charge in [0.1, 0.15) is 17.2 Å². The first-order valence-corrected chi connectivity index (χ1v) is 8.79. The summed E-state index contributed by atoms with van der Waals surface area (Å²) in [6.45, 7) is 1.77. The van der Waals surface area contributed by atoms with Gasteiger partial charge in [-0.2, -0.15) is 0 Å². The van der Waals surface area contributed by atoms with Gasteiger partial charge < -0.3 is 10.2 Å². The summed E-state index contributed by atoms with van der Waals surface area (Å²) in [6.07, 6.45) is 0.223. The van der Waals surface area contributed by atoms with Gasteiger partial charge in [0.15, 0.2) is 0 Å². The van der Waals surface area contributed by atoms with Crippen molar-refractivity contribution in [2.24, 2.45) is 0 Å². The van der Waals surface area contributed by atoms with E-state index in [-0.39, 0.29) is 31.0 Å². The maximum atomic E-state index is 14.1. The van der Waals surface area contributed by atoms with Crippen LogP contribution in [0.25, 0.3) is 0 Å². The quantitative estimate of drug-likeness (QED) is 0.778. The Morgan fingerprint density at radius 1 is 1.11 bits per heavy atom. The van der Waals surface area contributed by atoms with Crippen molar-refractivity contribution in [3.63, 3.8) is 0 Å². The van der Waals surface area contributed by atoms with Gasteiger partial charge in [-0.05, 0) is 48.7 Å². The molecule has 144 valence electrons. The predicted molar refractivity (Wildman–Crippen MR) is 95.3 cm³/mol. The summed E-state index contributed by atoms with van der Waals surface area (Å²) in [5.74, 6) is -1.88. The first-order valence-electron chi connectivity index (χ1n) is 8.79. The molecule has 8 heteroatoms. The van der Waals surface area contributed by atoms with E-state index in [0.717, 1.165) is 12.1 Å². The smallest absolute Gasteiger partial charge is 0.322 e. The minimum absolute atomic E-state index is 0.0313. The molecule has 2 aromatic rings. The Labute approximate surface area is 159 Å². The number of carbonyl (C=O) groups excluding carboxylic acids is 3. The van der Waals surface area contributed by atoms with Crippen molar-refractivity contribution in [3.05, 3.63) is 70.3 Å². The summed E-state index contributed by atoms with van der Waals surface area (Å²) in [5, 5.41) is 4.73. The molecule has 1 unspecified atom stereocenters. The van der Waals surface area contributed by atoms with Crippen LogP contribution in [0, 0.1) is 11.6 Å². The minimum atomic E-state index is -1.28. The molecular weight excluding hydrogens is 368 g/mol. The molecule has 2 heterocycles. The lowest BCUT2D eigenvalue weighted by atomic mass is 9.90. The number of amides is 4. The average Bonchev–Trinajstić information content (AvgIpc) is 2.96. The average molecular weight is 385 g/mol. The molecule has 28 heavy (non-hydrogen) atoms. The fourth-order valence-corrected chi connectivity index (χ4v) is 3.66. The van der Waals surface area contributed by atoms with Gasteiger partial charge >= 0.3 is 6.03 Å². The van der Waals surface area contributed by atoms with E-state index in [1.54, 1.807) is 25.1 Å². The number of fused-ring (bicyclic) bond motifs is 1. The molecule has 1 atom stereocenters. The Hall–Kier alpha value is -3.29. The van der Waals surface area contributed by atoms with Crippen molar-refractivity contribution >= 4 is 17.8 Å². The van der Waals surface area contributed by atoms with Gasteiger partial charge in [0, 0.05) is 24.2 Å². The lowest BCUT2D eigenvalue weighted by Crippen LogP contribution is -2.41. The van der Waals surface area contributed by atoms with Crippen LogP contribution in [0.5, 0.6) is 0 Å². The Bertz CT molecular complexity index is 1020. The van der Waals surface area contributed by atoms with Crippen molar-refractivity contribution in [2.45, 2.75) is 25.4 Å². The lowest BCUT2D eigenvalue weighted by Gasteiger charge is -2.30. The zero-order valence-electron chi connectivity index (χ0n) is 15.0. The first kappa shape index (κ1) is 18.1. The van der Waals surface area contributed by atoms with Gasteiger partial charge in [0.25, 0.3) is 11.8 Å². The van der Waals surface area contributed by atoms with E-state index in [0.29, 0.717) is 16.7 Å². The predicted octanol–water partition coefficient (Wildman–Crippen LogP) is 2.22. The Kier molecular flexibility index (Phi) is 4.14. The van der Waals surface area contributed by atoms with Crippen LogP contribution in [-0.2, 0) is 23.3 Å². The van der Waals surface area contributed by atoms with Crippen molar-refractivity contribution in [1.82, 2.24) is 15.5 Å². The second-order valence-corrected chi connectivity index (χ2v) is 7.08. The number of nitrogens with one attached hydrogen (secondary N) is 2. The van der Waals surface area contributed by atoms with Crippen LogP contribution in [0.3, 0.4) is 0 Å². The highest BCUT2D eigenvalue weighted by Gasteiger charge is 2.43. The van der Waals surface area contributed by atoms with E-state index in [9.17, 15) is 23.2 Å². The molecule has 2 aliphatic rings. The van der Waals surface area contributed by atoms with Crippen LogP contribution >= 0.6 is 0 Å². The third-order valence-corrected chi connectivity index (χ3v) is 5.32. The van der Waals surface area contributed by atoms with Crippen molar-refractivity contribution in [3.8, 4) is 0 Å². The first-order chi connectivity index (χ1) is 13.3. The number of carbonyl (C=O) groups is 3. The van der Waals surface area contributed by atoms with Crippen LogP contribution in [0.15, 0.2) is 36.4 Å². The number of hydrogen-bond acceptors (Lipinski definition) is 3. The molecule has 0 bridgehead atoms. The van der Waals surface area contributed by atoms with E-state index < -0.39 is 29.1 Å². The van der Waals surface area contributed by atoms with Crippen LogP contribution < -0.4 is 10.6 Å². The molecule has 6 nitrogen and oxygen atoms in total. The van der Waals surface area contributed by atoms with Gasteiger partial charge in [0.05, 0.1) is 0 Å². The molecule has 0 saturated carbocycles. The van der Waals surface area contributed by atoms with Crippen LogP contribution in [0.4, 0.5) is 13.6 Å². The van der Waals surface area contributed by atoms with Gasteiger partial charge in [-0.25, -0.2) is 13.6 Å². The van der Waals surface area contributed by atoms with Gasteiger partial charge in [-0.1, -0.05) is 12.1 Å². The third kappa shape index (κ3) is 2.81. The number of benzene rings is 2. The monoisotopic (exact) mass is 385 g/mol. The molecule has 0 spiro atoms. The van der Waals surface area contributed by atoms with E-state index in [1.807, 2.05) is 0 Å².